The van der Waals surface area contributed by atoms with E-state index in [-0.39, 0.29) is 19.4 Å². The number of esters is 2. The van der Waals surface area contributed by atoms with Gasteiger partial charge in [-0.1, -0.05) is 127 Å². The van der Waals surface area contributed by atoms with E-state index >= 15 is 0 Å². The first kappa shape index (κ1) is 51.4. The highest BCUT2D eigenvalue weighted by atomic mass is 31.2. The number of unbranched alkanes of at least 4 members (excludes halogenated alkanes) is 16. The predicted molar refractivity (Wildman–Crippen MR) is 217 cm³/mol. The van der Waals surface area contributed by atoms with Crippen molar-refractivity contribution in [2.75, 3.05) is 19.8 Å². The van der Waals surface area contributed by atoms with Crippen LogP contribution in [0, 0.1) is 0 Å². The van der Waals surface area contributed by atoms with Gasteiger partial charge in [0.1, 0.15) is 12.6 Å². The normalized spacial score (nSPS) is 14.3. The molecule has 11 nitrogen and oxygen atoms in total. The first-order valence-corrected chi connectivity index (χ1v) is 22.2. The van der Waals surface area contributed by atoms with Gasteiger partial charge in [0, 0.05) is 12.8 Å². The molecule has 12 heteroatoms. The van der Waals surface area contributed by atoms with Crippen LogP contribution in [0.4, 0.5) is 0 Å². The number of hydrogen-bond donors (Lipinski definition) is 3. The van der Waals surface area contributed by atoms with Crippen molar-refractivity contribution in [2.45, 2.75) is 180 Å². The smallest absolute Gasteiger partial charge is 0.472 e. The highest BCUT2D eigenvalue weighted by Crippen LogP contribution is 2.43. The van der Waals surface area contributed by atoms with E-state index in [4.69, 9.17) is 24.8 Å². The molecule has 0 bridgehead atoms. The van der Waals surface area contributed by atoms with Gasteiger partial charge in [-0.3, -0.25) is 23.4 Å². The second-order valence-corrected chi connectivity index (χ2v) is 15.2. The molecular weight excluding hydrogens is 709 g/mol. The van der Waals surface area contributed by atoms with E-state index < -0.39 is 51.1 Å². The van der Waals surface area contributed by atoms with E-state index in [1.165, 1.54) is 38.5 Å². The largest absolute Gasteiger partial charge is 0.480 e. The first-order valence-electron chi connectivity index (χ1n) is 20.7. The molecule has 0 aromatic heterocycles. The van der Waals surface area contributed by atoms with Crippen LogP contribution in [0.25, 0.3) is 0 Å². The Balaban J connectivity index is 4.45. The summed E-state index contributed by atoms with van der Waals surface area (Å²) < 4.78 is 32.6. The lowest BCUT2D eigenvalue weighted by atomic mass is 10.1. The molecule has 0 rings (SSSR count). The molecule has 3 unspecified atom stereocenters. The molecule has 312 valence electrons. The van der Waals surface area contributed by atoms with Crippen LogP contribution in [-0.2, 0) is 37.5 Å². The number of phosphoric ester groups is 1. The number of phosphoric acid groups is 1. The summed E-state index contributed by atoms with van der Waals surface area (Å²) in [5.41, 5.74) is 5.32. The van der Waals surface area contributed by atoms with E-state index in [9.17, 15) is 23.8 Å². The Morgan fingerprint density at radius 2 is 0.981 bits per heavy atom. The predicted octanol–water partition coefficient (Wildman–Crippen LogP) is 10.6. The van der Waals surface area contributed by atoms with Gasteiger partial charge < -0.3 is 25.2 Å². The van der Waals surface area contributed by atoms with Gasteiger partial charge in [-0.2, -0.15) is 0 Å². The standard InChI is InChI=1S/C42H74NO10P/c1-3-5-7-9-11-13-15-17-19-21-23-25-27-29-31-33-40(44)50-35-38(36-51-54(48,49)52-37-39(43)42(46)47)53-41(45)34-32-30-28-26-24-22-20-18-16-14-12-10-8-6-4-2/h11-14,17-20,38-39H,3-10,15-16,21-37,43H2,1-2H3,(H,46,47)(H,48,49)/b13-11+,14-12+,19-17+,20-18+. The molecule has 0 saturated heterocycles. The Labute approximate surface area is 326 Å². The van der Waals surface area contributed by atoms with Crippen LogP contribution in [-0.4, -0.2) is 59.9 Å². The van der Waals surface area contributed by atoms with Crippen molar-refractivity contribution in [1.82, 2.24) is 0 Å². The lowest BCUT2D eigenvalue weighted by Crippen LogP contribution is -2.34. The summed E-state index contributed by atoms with van der Waals surface area (Å²) in [4.78, 5) is 45.9. The molecule has 0 fully saturated rings. The number of carbonyl (C=O) groups excluding carboxylic acids is 2. The van der Waals surface area contributed by atoms with E-state index in [1.807, 2.05) is 0 Å². The summed E-state index contributed by atoms with van der Waals surface area (Å²) in [6.07, 6.45) is 40.3. The van der Waals surface area contributed by atoms with E-state index in [0.29, 0.717) is 12.8 Å². The summed E-state index contributed by atoms with van der Waals surface area (Å²) in [6.45, 7) is 2.71. The highest BCUT2D eigenvalue weighted by molar-refractivity contribution is 7.47. The quantitative estimate of drug-likeness (QED) is 0.0235. The van der Waals surface area contributed by atoms with Crippen LogP contribution in [0.3, 0.4) is 0 Å². The maximum Gasteiger partial charge on any atom is 0.472 e. The number of carboxylic acids is 1. The maximum absolute atomic E-state index is 12.6. The van der Waals surface area contributed by atoms with Crippen molar-refractivity contribution in [3.05, 3.63) is 48.6 Å². The number of rotatable bonds is 38. The van der Waals surface area contributed by atoms with E-state index in [0.717, 1.165) is 89.9 Å². The summed E-state index contributed by atoms with van der Waals surface area (Å²) in [7, 11) is -4.72. The van der Waals surface area contributed by atoms with Crippen molar-refractivity contribution >= 4 is 25.7 Å². The van der Waals surface area contributed by atoms with Crippen LogP contribution >= 0.6 is 7.82 Å². The zero-order valence-electron chi connectivity index (χ0n) is 33.6. The summed E-state index contributed by atoms with van der Waals surface area (Å²) in [5.74, 6) is -2.42. The molecule has 3 atom stereocenters. The minimum absolute atomic E-state index is 0.141. The van der Waals surface area contributed by atoms with Crippen molar-refractivity contribution in [2.24, 2.45) is 5.73 Å². The minimum Gasteiger partial charge on any atom is -0.480 e. The van der Waals surface area contributed by atoms with E-state index in [1.54, 1.807) is 0 Å². The van der Waals surface area contributed by atoms with Crippen molar-refractivity contribution < 1.29 is 47.5 Å². The molecule has 0 aliphatic carbocycles. The number of nitrogens with two attached hydrogens (primary N) is 1. The number of aliphatic carboxylic acids is 1. The van der Waals surface area contributed by atoms with Gasteiger partial charge in [-0.25, -0.2) is 4.57 Å². The Morgan fingerprint density at radius 1 is 0.574 bits per heavy atom. The van der Waals surface area contributed by atoms with Gasteiger partial charge in [0.15, 0.2) is 6.10 Å². The second kappa shape index (κ2) is 37.4. The molecule has 0 amide bonds. The molecule has 0 radical (unpaired) electrons. The van der Waals surface area contributed by atoms with Gasteiger partial charge in [0.2, 0.25) is 0 Å². The molecule has 0 heterocycles. The van der Waals surface area contributed by atoms with Crippen LogP contribution in [0.15, 0.2) is 48.6 Å². The topological polar surface area (TPSA) is 172 Å². The summed E-state index contributed by atoms with van der Waals surface area (Å²) in [6, 6.07) is -1.53. The molecular formula is C42H74NO10P. The van der Waals surface area contributed by atoms with Crippen LogP contribution < -0.4 is 5.73 Å². The first-order chi connectivity index (χ1) is 26.1. The van der Waals surface area contributed by atoms with Gasteiger partial charge in [0.05, 0.1) is 13.2 Å². The fraction of sp³-hybridized carbons (Fsp3) is 0.738. The number of allylic oxidation sites excluding steroid dienone is 8. The number of carboxylic acid groups (broad SMARTS) is 1. The fourth-order valence-corrected chi connectivity index (χ4v) is 6.02. The second-order valence-electron chi connectivity index (χ2n) is 13.8. The zero-order valence-corrected chi connectivity index (χ0v) is 34.4. The van der Waals surface area contributed by atoms with Crippen LogP contribution in [0.5, 0.6) is 0 Å². The Kier molecular flexibility index (Phi) is 35.6. The molecule has 4 N–H and O–H groups in total. The van der Waals surface area contributed by atoms with Crippen molar-refractivity contribution in [3.8, 4) is 0 Å². The van der Waals surface area contributed by atoms with Crippen LogP contribution in [0.2, 0.25) is 0 Å². The minimum atomic E-state index is -4.72. The maximum atomic E-state index is 12.6. The number of carbonyl (C=O) groups is 3. The molecule has 54 heavy (non-hydrogen) atoms. The third-order valence-electron chi connectivity index (χ3n) is 8.55. The average molecular weight is 784 g/mol. The lowest BCUT2D eigenvalue weighted by Gasteiger charge is -2.20. The Morgan fingerprint density at radius 3 is 1.44 bits per heavy atom. The number of ether oxygens (including phenoxy) is 2. The monoisotopic (exact) mass is 784 g/mol. The summed E-state index contributed by atoms with van der Waals surface area (Å²) >= 11 is 0. The summed E-state index contributed by atoms with van der Waals surface area (Å²) in [5, 5.41) is 8.87. The third-order valence-corrected chi connectivity index (χ3v) is 9.50. The van der Waals surface area contributed by atoms with Gasteiger partial charge in [-0.05, 0) is 77.0 Å². The molecule has 0 saturated carbocycles. The molecule has 0 aliphatic heterocycles. The fourth-order valence-electron chi connectivity index (χ4n) is 5.24. The zero-order chi connectivity index (χ0) is 40.0. The van der Waals surface area contributed by atoms with Gasteiger partial charge in [0.25, 0.3) is 0 Å². The van der Waals surface area contributed by atoms with Gasteiger partial charge >= 0.3 is 25.7 Å². The molecule has 0 aromatic rings. The molecule has 0 spiro atoms. The Hall–Kier alpha value is -2.56. The highest BCUT2D eigenvalue weighted by Gasteiger charge is 2.28. The molecule has 0 aromatic carbocycles. The number of hydrogen-bond acceptors (Lipinski definition) is 9. The van der Waals surface area contributed by atoms with Crippen molar-refractivity contribution in [3.63, 3.8) is 0 Å². The van der Waals surface area contributed by atoms with E-state index in [2.05, 4.69) is 67.0 Å². The SMILES string of the molecule is CCCCC/C=C/C/C=C/CCCCCCCC(=O)OCC(COP(=O)(O)OCC(N)C(=O)O)OC(=O)CCCCCCC/C=C/C/C=C/CCCCC. The van der Waals surface area contributed by atoms with Crippen LogP contribution in [0.1, 0.15) is 168 Å². The third kappa shape index (κ3) is 36.4. The lowest BCUT2D eigenvalue weighted by molar-refractivity contribution is -0.161. The Bertz CT molecular complexity index is 1110. The average Bonchev–Trinajstić information content (AvgIpc) is 3.14. The molecule has 0 aliphatic rings. The van der Waals surface area contributed by atoms with Crippen molar-refractivity contribution in [1.29, 1.82) is 0 Å². The van der Waals surface area contributed by atoms with Gasteiger partial charge in [-0.15, -0.1) is 0 Å².